The highest BCUT2D eigenvalue weighted by Crippen LogP contribution is 2.67. The molecule has 3 saturated carbocycles. The number of fused-ring (bicyclic) bond motifs is 5. The fraction of sp³-hybridized carbons (Fsp3) is 0.815. The number of carbonyl (C=O) groups excluding carboxylic acids is 1. The predicted molar refractivity (Wildman–Crippen MR) is 119 cm³/mol. The Kier molecular flexibility index (Phi) is 5.64. The summed E-state index contributed by atoms with van der Waals surface area (Å²) < 4.78 is 0. The van der Waals surface area contributed by atoms with Crippen molar-refractivity contribution in [1.82, 2.24) is 0 Å². The highest BCUT2D eigenvalue weighted by Gasteiger charge is 2.59. The number of hydrogen-bond donors (Lipinski definition) is 1. The first-order valence-corrected chi connectivity index (χ1v) is 12.2. The van der Waals surface area contributed by atoms with Gasteiger partial charge < -0.3 is 5.11 Å². The minimum Gasteiger partial charge on any atom is -0.385 e. The topological polar surface area (TPSA) is 37.3 Å². The first-order valence-electron chi connectivity index (χ1n) is 12.2. The summed E-state index contributed by atoms with van der Waals surface area (Å²) in [6, 6.07) is 0. The minimum atomic E-state index is -0.753. The Morgan fingerprint density at radius 1 is 1.24 bits per heavy atom. The molecule has 0 amide bonds. The van der Waals surface area contributed by atoms with E-state index in [-0.39, 0.29) is 11.2 Å². The monoisotopic (exact) mass is 398 g/mol. The molecule has 1 N–H and O–H groups in total. The Hall–Kier alpha value is -0.890. The zero-order valence-corrected chi connectivity index (χ0v) is 19.3. The van der Waals surface area contributed by atoms with Crippen LogP contribution in [0.4, 0.5) is 0 Å². The Morgan fingerprint density at radius 2 is 2.00 bits per heavy atom. The summed E-state index contributed by atoms with van der Waals surface area (Å²) in [5.41, 5.74) is 3.32. The number of ketones is 1. The van der Waals surface area contributed by atoms with Crippen molar-refractivity contribution in [1.29, 1.82) is 0 Å². The fourth-order valence-electron chi connectivity index (χ4n) is 8.33. The van der Waals surface area contributed by atoms with E-state index in [0.717, 1.165) is 23.7 Å². The zero-order valence-electron chi connectivity index (χ0n) is 19.3. The number of rotatable bonds is 4. The van der Waals surface area contributed by atoms with Crippen molar-refractivity contribution in [3.05, 3.63) is 23.3 Å². The second kappa shape index (κ2) is 7.66. The van der Waals surface area contributed by atoms with Crippen LogP contribution in [0.15, 0.2) is 23.3 Å². The average Bonchev–Trinajstić information content (AvgIpc) is 3.00. The molecule has 4 rings (SSSR count). The molecule has 162 valence electrons. The summed E-state index contributed by atoms with van der Waals surface area (Å²) in [6.07, 6.45) is 14.3. The van der Waals surface area contributed by atoms with Gasteiger partial charge in [0.15, 0.2) is 5.78 Å². The molecule has 29 heavy (non-hydrogen) atoms. The van der Waals surface area contributed by atoms with Crippen LogP contribution in [0.25, 0.3) is 0 Å². The molecule has 8 atom stereocenters. The van der Waals surface area contributed by atoms with Crippen LogP contribution < -0.4 is 0 Å². The van der Waals surface area contributed by atoms with Crippen molar-refractivity contribution in [3.8, 4) is 0 Å². The summed E-state index contributed by atoms with van der Waals surface area (Å²) >= 11 is 0. The van der Waals surface area contributed by atoms with E-state index < -0.39 is 6.10 Å². The largest absolute Gasteiger partial charge is 0.385 e. The van der Waals surface area contributed by atoms with E-state index in [4.69, 9.17) is 0 Å². The molecule has 2 heteroatoms. The van der Waals surface area contributed by atoms with E-state index in [9.17, 15) is 9.90 Å². The molecular formula is C27H42O2. The van der Waals surface area contributed by atoms with Crippen LogP contribution in [0.3, 0.4) is 0 Å². The van der Waals surface area contributed by atoms with Gasteiger partial charge in [-0.1, -0.05) is 44.1 Å². The highest BCUT2D eigenvalue weighted by atomic mass is 16.3. The lowest BCUT2D eigenvalue weighted by Gasteiger charge is -2.58. The summed E-state index contributed by atoms with van der Waals surface area (Å²) in [5, 5.41) is 10.1. The van der Waals surface area contributed by atoms with E-state index in [1.807, 2.05) is 0 Å². The zero-order chi connectivity index (χ0) is 21.0. The molecule has 4 aliphatic rings. The van der Waals surface area contributed by atoms with Crippen LogP contribution >= 0.6 is 0 Å². The molecular weight excluding hydrogens is 356 g/mol. The molecule has 0 bridgehead atoms. The summed E-state index contributed by atoms with van der Waals surface area (Å²) in [4.78, 5) is 12.4. The third kappa shape index (κ3) is 3.48. The normalized spacial score (nSPS) is 45.0. The lowest BCUT2D eigenvalue weighted by molar-refractivity contribution is -0.135. The van der Waals surface area contributed by atoms with Crippen molar-refractivity contribution in [3.63, 3.8) is 0 Å². The van der Waals surface area contributed by atoms with Crippen LogP contribution in [0, 0.1) is 40.4 Å². The summed E-state index contributed by atoms with van der Waals surface area (Å²) in [6.45, 7) is 11.9. The van der Waals surface area contributed by atoms with Gasteiger partial charge in [-0.2, -0.15) is 0 Å². The van der Waals surface area contributed by atoms with Crippen molar-refractivity contribution < 1.29 is 9.90 Å². The van der Waals surface area contributed by atoms with Crippen LogP contribution in [-0.2, 0) is 4.79 Å². The van der Waals surface area contributed by atoms with Gasteiger partial charge in [-0.05, 0) is 99.2 Å². The lowest BCUT2D eigenvalue weighted by Crippen LogP contribution is -2.52. The Morgan fingerprint density at radius 3 is 2.72 bits per heavy atom. The molecule has 0 aromatic rings. The Balaban J connectivity index is 1.53. The lowest BCUT2D eigenvalue weighted by atomic mass is 9.47. The van der Waals surface area contributed by atoms with Gasteiger partial charge in [0.2, 0.25) is 0 Å². The molecule has 0 aliphatic heterocycles. The van der Waals surface area contributed by atoms with Crippen LogP contribution in [0.2, 0.25) is 0 Å². The van der Waals surface area contributed by atoms with E-state index in [0.29, 0.717) is 24.2 Å². The van der Waals surface area contributed by atoms with Crippen molar-refractivity contribution in [2.75, 3.05) is 0 Å². The molecule has 0 radical (unpaired) electrons. The molecule has 0 heterocycles. The highest BCUT2D eigenvalue weighted by molar-refractivity contribution is 5.85. The van der Waals surface area contributed by atoms with E-state index in [1.165, 1.54) is 56.1 Å². The average molecular weight is 399 g/mol. The van der Waals surface area contributed by atoms with Crippen LogP contribution in [-0.4, -0.2) is 17.0 Å². The first-order chi connectivity index (χ1) is 13.7. The van der Waals surface area contributed by atoms with Crippen LogP contribution in [0.5, 0.6) is 0 Å². The van der Waals surface area contributed by atoms with Crippen molar-refractivity contribution >= 4 is 5.78 Å². The number of aliphatic hydroxyl groups is 1. The van der Waals surface area contributed by atoms with Crippen molar-refractivity contribution in [2.24, 2.45) is 40.4 Å². The van der Waals surface area contributed by atoms with Gasteiger partial charge in [-0.15, -0.1) is 0 Å². The SMILES string of the molecule is CC(C)=CCC[C@@H](C)[C@H]1CC[C@H]2[C@@H]3CC=C4C[C@H](O)C(=O)C[C@]4(C)[C@H]3CC[C@]12C. The molecule has 0 aromatic carbocycles. The van der Waals surface area contributed by atoms with E-state index >= 15 is 0 Å². The van der Waals surface area contributed by atoms with Gasteiger partial charge in [-0.25, -0.2) is 0 Å². The maximum Gasteiger partial charge on any atom is 0.162 e. The fourth-order valence-corrected chi connectivity index (χ4v) is 8.33. The third-order valence-corrected chi connectivity index (χ3v) is 9.89. The third-order valence-electron chi connectivity index (χ3n) is 9.89. The predicted octanol–water partition coefficient (Wildman–Crippen LogP) is 6.49. The first kappa shape index (κ1) is 21.3. The number of Topliss-reactive ketones (excluding diaryl/α,β-unsaturated/α-hetero) is 1. The summed E-state index contributed by atoms with van der Waals surface area (Å²) in [5.74, 6) is 3.92. The second-order valence-electron chi connectivity index (χ2n) is 11.7. The molecule has 0 unspecified atom stereocenters. The second-order valence-corrected chi connectivity index (χ2v) is 11.7. The van der Waals surface area contributed by atoms with Crippen LogP contribution in [0.1, 0.15) is 92.4 Å². The molecule has 0 saturated heterocycles. The minimum absolute atomic E-state index is 0.00765. The quantitative estimate of drug-likeness (QED) is 0.550. The van der Waals surface area contributed by atoms with Gasteiger partial charge in [-0.3, -0.25) is 4.79 Å². The van der Waals surface area contributed by atoms with Crippen molar-refractivity contribution in [2.45, 2.75) is 98.5 Å². The number of carbonyl (C=O) groups is 1. The Labute approximate surface area is 178 Å². The maximum atomic E-state index is 12.4. The maximum absolute atomic E-state index is 12.4. The molecule has 2 nitrogen and oxygen atoms in total. The van der Waals surface area contributed by atoms with Gasteiger partial charge >= 0.3 is 0 Å². The van der Waals surface area contributed by atoms with E-state index in [1.54, 1.807) is 0 Å². The number of aliphatic hydroxyl groups excluding tert-OH is 1. The number of allylic oxidation sites excluding steroid dienone is 3. The molecule has 3 fully saturated rings. The molecule has 4 aliphatic carbocycles. The summed E-state index contributed by atoms with van der Waals surface area (Å²) in [7, 11) is 0. The van der Waals surface area contributed by atoms with E-state index in [2.05, 4.69) is 46.8 Å². The van der Waals surface area contributed by atoms with Gasteiger partial charge in [0, 0.05) is 12.8 Å². The smallest absolute Gasteiger partial charge is 0.162 e. The molecule has 0 spiro atoms. The standard InChI is InChI=1S/C27H42O2/c1-17(2)7-6-8-18(3)21-11-12-22-20-10-9-19-15-24(28)25(29)16-27(19,5)23(20)13-14-26(21,22)4/h7,9,18,20-24,28H,6,8,10-16H2,1-5H3/t18-,20+,21-,22+,23+,24+,26-,27+/m1/s1. The van der Waals surface area contributed by atoms with Gasteiger partial charge in [0.05, 0.1) is 0 Å². The van der Waals surface area contributed by atoms with Gasteiger partial charge in [0.1, 0.15) is 6.10 Å². The molecule has 0 aromatic heterocycles. The number of hydrogen-bond acceptors (Lipinski definition) is 2. The Bertz CT molecular complexity index is 714. The van der Waals surface area contributed by atoms with Gasteiger partial charge in [0.25, 0.3) is 0 Å².